The minimum atomic E-state index is 0.339. The van der Waals surface area contributed by atoms with E-state index in [0.717, 1.165) is 25.9 Å². The van der Waals surface area contributed by atoms with Gasteiger partial charge < -0.3 is 15.0 Å². The summed E-state index contributed by atoms with van der Waals surface area (Å²) in [6.45, 7) is 15.8. The topological polar surface area (TPSA) is 32.3 Å². The highest BCUT2D eigenvalue weighted by Gasteiger charge is 2.07. The molecule has 1 fully saturated rings. The molecule has 0 radical (unpaired) electrons. The Balaban J connectivity index is 0. The van der Waals surface area contributed by atoms with Crippen LogP contribution in [0.3, 0.4) is 0 Å². The highest BCUT2D eigenvalue weighted by atomic mass is 16.1. The first-order valence-electron chi connectivity index (χ1n) is 9.71. The van der Waals surface area contributed by atoms with Gasteiger partial charge in [-0.15, -0.1) is 0 Å². The summed E-state index contributed by atoms with van der Waals surface area (Å²) >= 11 is 0. The van der Waals surface area contributed by atoms with Gasteiger partial charge in [0, 0.05) is 32.6 Å². The molecule has 1 saturated heterocycles. The van der Waals surface area contributed by atoms with Crippen molar-refractivity contribution in [2.24, 2.45) is 0 Å². The molecule has 0 aromatic carbocycles. The van der Waals surface area contributed by atoms with Crippen molar-refractivity contribution in [1.29, 1.82) is 0 Å². The molecule has 0 bridgehead atoms. The van der Waals surface area contributed by atoms with Crippen molar-refractivity contribution in [1.82, 2.24) is 10.2 Å². The number of piperazine rings is 1. The maximum Gasteiger partial charge on any atom is 0.129 e. The van der Waals surface area contributed by atoms with E-state index in [-0.39, 0.29) is 0 Å². The lowest BCUT2D eigenvalue weighted by molar-refractivity contribution is -0.117. The van der Waals surface area contributed by atoms with Gasteiger partial charge in [-0.05, 0) is 26.3 Å². The quantitative estimate of drug-likeness (QED) is 0.596. The number of ketones is 1. The highest BCUT2D eigenvalue weighted by molar-refractivity contribution is 5.75. The third kappa shape index (κ3) is 17.6. The van der Waals surface area contributed by atoms with Crippen LogP contribution in [0.5, 0.6) is 0 Å². The van der Waals surface area contributed by atoms with Gasteiger partial charge in [-0.1, -0.05) is 59.8 Å². The van der Waals surface area contributed by atoms with E-state index >= 15 is 0 Å². The number of rotatable bonds is 10. The van der Waals surface area contributed by atoms with Crippen LogP contribution in [0.2, 0.25) is 0 Å². The van der Waals surface area contributed by atoms with Crippen LogP contribution in [0.4, 0.5) is 0 Å². The molecule has 0 amide bonds. The van der Waals surface area contributed by atoms with Gasteiger partial charge in [0.05, 0.1) is 0 Å². The average Bonchev–Trinajstić information content (AvgIpc) is 2.58. The largest absolute Gasteiger partial charge is 0.314 e. The summed E-state index contributed by atoms with van der Waals surface area (Å²) in [6.07, 6.45) is 9.85. The maximum absolute atomic E-state index is 10.8. The predicted octanol–water partition coefficient (Wildman–Crippen LogP) is 4.65. The van der Waals surface area contributed by atoms with Crippen LogP contribution in [0.1, 0.15) is 86.0 Å². The van der Waals surface area contributed by atoms with E-state index in [4.69, 9.17) is 0 Å². The van der Waals surface area contributed by atoms with Crippen molar-refractivity contribution in [3.63, 3.8) is 0 Å². The van der Waals surface area contributed by atoms with E-state index in [0.29, 0.717) is 5.78 Å². The smallest absolute Gasteiger partial charge is 0.129 e. The summed E-state index contributed by atoms with van der Waals surface area (Å²) in [4.78, 5) is 13.3. The molecule has 1 rings (SSSR count). The molecule has 22 heavy (non-hydrogen) atoms. The summed E-state index contributed by atoms with van der Waals surface area (Å²) in [5.74, 6) is 0.339. The normalized spacial score (nSPS) is 14.4. The molecule has 134 valence electrons. The van der Waals surface area contributed by atoms with Crippen LogP contribution in [-0.2, 0) is 4.79 Å². The van der Waals surface area contributed by atoms with E-state index in [9.17, 15) is 4.79 Å². The lowest BCUT2D eigenvalue weighted by Gasteiger charge is -2.27. The summed E-state index contributed by atoms with van der Waals surface area (Å²) < 4.78 is 0. The molecule has 0 aromatic heterocycles. The Morgan fingerprint density at radius 3 is 1.77 bits per heavy atom. The van der Waals surface area contributed by atoms with Gasteiger partial charge in [-0.25, -0.2) is 0 Å². The van der Waals surface area contributed by atoms with E-state index in [1.165, 1.54) is 58.2 Å². The molecule has 1 heterocycles. The van der Waals surface area contributed by atoms with Crippen LogP contribution in [-0.4, -0.2) is 43.4 Å². The molecule has 1 N–H and O–H groups in total. The molecule has 0 aliphatic carbocycles. The second-order valence-corrected chi connectivity index (χ2v) is 5.52. The molecule has 0 atom stereocenters. The highest BCUT2D eigenvalue weighted by Crippen LogP contribution is 2.09. The van der Waals surface area contributed by atoms with Crippen molar-refractivity contribution in [3.05, 3.63) is 0 Å². The Morgan fingerprint density at radius 1 is 0.818 bits per heavy atom. The second-order valence-electron chi connectivity index (χ2n) is 5.52. The van der Waals surface area contributed by atoms with E-state index in [2.05, 4.69) is 10.2 Å². The molecule has 1 aliphatic heterocycles. The molecule has 1 aliphatic rings. The summed E-state index contributed by atoms with van der Waals surface area (Å²) in [5.41, 5.74) is 0. The molecular weight excluding hydrogens is 272 g/mol. The molecule has 0 unspecified atom stereocenters. The lowest BCUT2D eigenvalue weighted by Crippen LogP contribution is -2.43. The van der Waals surface area contributed by atoms with Gasteiger partial charge in [0.1, 0.15) is 5.78 Å². The van der Waals surface area contributed by atoms with Crippen molar-refractivity contribution in [2.75, 3.05) is 32.7 Å². The van der Waals surface area contributed by atoms with Gasteiger partial charge in [-0.3, -0.25) is 0 Å². The molecule has 0 spiro atoms. The van der Waals surface area contributed by atoms with Crippen LogP contribution in [0.15, 0.2) is 0 Å². The lowest BCUT2D eigenvalue weighted by atomic mass is 10.1. The van der Waals surface area contributed by atoms with E-state index < -0.39 is 0 Å². The Hall–Kier alpha value is -0.410. The fourth-order valence-electron chi connectivity index (χ4n) is 2.53. The van der Waals surface area contributed by atoms with E-state index in [1.807, 2.05) is 27.7 Å². The second kappa shape index (κ2) is 20.6. The van der Waals surface area contributed by atoms with Crippen molar-refractivity contribution >= 4 is 5.78 Å². The fourth-order valence-corrected chi connectivity index (χ4v) is 2.53. The third-order valence-corrected chi connectivity index (χ3v) is 3.71. The predicted molar refractivity (Wildman–Crippen MR) is 99.6 cm³/mol. The zero-order valence-corrected chi connectivity index (χ0v) is 16.0. The number of unbranched alkanes of at least 4 members (excludes halogenated alkanes) is 6. The van der Waals surface area contributed by atoms with Crippen LogP contribution in [0, 0.1) is 0 Å². The third-order valence-electron chi connectivity index (χ3n) is 3.71. The number of carbonyl (C=O) groups excluding carboxylic acids is 1. The van der Waals surface area contributed by atoms with Crippen molar-refractivity contribution in [2.45, 2.75) is 86.0 Å². The average molecular weight is 315 g/mol. The minimum Gasteiger partial charge on any atom is -0.314 e. The monoisotopic (exact) mass is 314 g/mol. The molecule has 0 aromatic rings. The number of nitrogens with one attached hydrogen (secondary N) is 1. The summed E-state index contributed by atoms with van der Waals surface area (Å²) in [5, 5.41) is 3.39. The zero-order valence-electron chi connectivity index (χ0n) is 16.0. The number of carbonyl (C=O) groups is 1. The SMILES string of the molecule is CC.CC.CC(=O)CCCCCCCCCN1CCNCC1. The molecular formula is C19H42N2O. The zero-order chi connectivity index (χ0) is 17.1. The Morgan fingerprint density at radius 2 is 1.27 bits per heavy atom. The number of hydrogen-bond donors (Lipinski definition) is 1. The van der Waals surface area contributed by atoms with Crippen LogP contribution < -0.4 is 5.32 Å². The first-order chi connectivity index (χ1) is 10.8. The van der Waals surface area contributed by atoms with Crippen molar-refractivity contribution < 1.29 is 4.79 Å². The molecule has 3 heteroatoms. The Labute approximate surface area is 140 Å². The molecule has 0 saturated carbocycles. The number of hydrogen-bond acceptors (Lipinski definition) is 3. The standard InChI is InChI=1S/C15H30N2O.2C2H6/c1-15(18)9-7-5-3-2-4-6-8-12-17-13-10-16-11-14-17;2*1-2/h16H,2-14H2,1H3;2*1-2H3. The van der Waals surface area contributed by atoms with Crippen molar-refractivity contribution in [3.8, 4) is 0 Å². The maximum atomic E-state index is 10.8. The van der Waals surface area contributed by atoms with Crippen LogP contribution in [0.25, 0.3) is 0 Å². The van der Waals surface area contributed by atoms with Gasteiger partial charge in [0.15, 0.2) is 0 Å². The number of nitrogens with zero attached hydrogens (tertiary/aromatic N) is 1. The van der Waals surface area contributed by atoms with E-state index in [1.54, 1.807) is 6.92 Å². The Kier molecular flexibility index (Phi) is 22.3. The van der Waals surface area contributed by atoms with Gasteiger partial charge in [0.25, 0.3) is 0 Å². The minimum absolute atomic E-state index is 0.339. The Bertz CT molecular complexity index is 213. The first-order valence-corrected chi connectivity index (χ1v) is 9.71. The summed E-state index contributed by atoms with van der Waals surface area (Å²) in [7, 11) is 0. The molecule has 3 nitrogen and oxygen atoms in total. The van der Waals surface area contributed by atoms with Gasteiger partial charge in [0.2, 0.25) is 0 Å². The first kappa shape index (κ1) is 23.9. The number of Topliss-reactive ketones (excluding diaryl/α,β-unsaturated/α-hetero) is 1. The fraction of sp³-hybridized carbons (Fsp3) is 0.947. The van der Waals surface area contributed by atoms with Gasteiger partial charge >= 0.3 is 0 Å². The summed E-state index contributed by atoms with van der Waals surface area (Å²) in [6, 6.07) is 0. The van der Waals surface area contributed by atoms with Gasteiger partial charge in [-0.2, -0.15) is 0 Å². The van der Waals surface area contributed by atoms with Crippen LogP contribution >= 0.6 is 0 Å².